The largest absolute Gasteiger partial charge is 0.461 e. The second-order valence-electron chi connectivity index (χ2n) is 12.5. The topological polar surface area (TPSA) is 121 Å². The number of hydrogen-bond acceptors (Lipinski definition) is 9. The Balaban J connectivity index is 1.26. The fraction of sp³-hybridized carbons (Fsp3) is 0.633. The van der Waals surface area contributed by atoms with Gasteiger partial charge >= 0.3 is 6.01 Å². The number of benzene rings is 1. The van der Waals surface area contributed by atoms with Crippen LogP contribution in [-0.4, -0.2) is 70.6 Å². The van der Waals surface area contributed by atoms with Gasteiger partial charge in [0.25, 0.3) is 0 Å². The Hall–Kier alpha value is -3.00. The van der Waals surface area contributed by atoms with Crippen LogP contribution in [0.5, 0.6) is 6.01 Å². The Morgan fingerprint density at radius 1 is 1.30 bits per heavy atom. The van der Waals surface area contributed by atoms with Crippen molar-refractivity contribution in [3.63, 3.8) is 0 Å². The molecule has 4 heterocycles. The first-order valence-corrected chi connectivity index (χ1v) is 14.6. The molecule has 2 aromatic rings. The van der Waals surface area contributed by atoms with Gasteiger partial charge in [0.2, 0.25) is 0 Å². The van der Waals surface area contributed by atoms with Gasteiger partial charge in [-0.2, -0.15) is 15.2 Å². The molecule has 1 spiro atoms. The molecule has 1 unspecified atom stereocenters. The normalized spacial score (nSPS) is 32.6. The molecular formula is C30H37FN6O3. The van der Waals surface area contributed by atoms with Crippen LogP contribution in [0.25, 0.3) is 0 Å². The zero-order chi connectivity index (χ0) is 27.6. The zero-order valence-electron chi connectivity index (χ0n) is 23.0. The van der Waals surface area contributed by atoms with Gasteiger partial charge in [0.1, 0.15) is 30.3 Å². The van der Waals surface area contributed by atoms with Crippen molar-refractivity contribution >= 4 is 11.5 Å². The number of halogens is 1. The lowest BCUT2D eigenvalue weighted by Gasteiger charge is -2.44. The molecule has 212 valence electrons. The second-order valence-corrected chi connectivity index (χ2v) is 12.5. The number of ether oxygens (including phenoxy) is 2. The monoisotopic (exact) mass is 548 g/mol. The molecule has 7 rings (SSSR count). The molecule has 5 aliphatic rings. The van der Waals surface area contributed by atoms with Crippen LogP contribution in [-0.2, 0) is 29.8 Å². The predicted octanol–water partition coefficient (Wildman–Crippen LogP) is 3.15. The summed E-state index contributed by atoms with van der Waals surface area (Å²) < 4.78 is 27.4. The van der Waals surface area contributed by atoms with Crippen molar-refractivity contribution in [2.24, 2.45) is 0 Å². The van der Waals surface area contributed by atoms with Crippen LogP contribution in [0, 0.1) is 11.3 Å². The summed E-state index contributed by atoms with van der Waals surface area (Å²) in [5.74, 6) is 0.756. The van der Waals surface area contributed by atoms with E-state index in [1.165, 1.54) is 0 Å². The Morgan fingerprint density at radius 2 is 2.15 bits per heavy atom. The Labute approximate surface area is 234 Å². The van der Waals surface area contributed by atoms with E-state index >= 15 is 0 Å². The highest BCUT2D eigenvalue weighted by molar-refractivity contribution is 5.63. The average Bonchev–Trinajstić information content (AvgIpc) is 3.45. The number of nitrogens with two attached hydrogens (primary N) is 1. The van der Waals surface area contributed by atoms with E-state index in [0.717, 1.165) is 66.9 Å². The van der Waals surface area contributed by atoms with Gasteiger partial charge in [-0.05, 0) is 63.1 Å². The summed E-state index contributed by atoms with van der Waals surface area (Å²) in [7, 11) is 2.00. The van der Waals surface area contributed by atoms with Gasteiger partial charge in [-0.15, -0.1) is 0 Å². The molecule has 9 nitrogen and oxygen atoms in total. The number of rotatable bonds is 5. The second kappa shape index (κ2) is 9.54. The molecular weight excluding hydrogens is 511 g/mol. The third-order valence-corrected chi connectivity index (χ3v) is 10.1. The van der Waals surface area contributed by atoms with Crippen molar-refractivity contribution in [1.29, 1.82) is 5.26 Å². The molecule has 3 atom stereocenters. The lowest BCUT2D eigenvalue weighted by atomic mass is 9.72. The molecule has 3 fully saturated rings. The quantitative estimate of drug-likeness (QED) is 0.543. The maximum absolute atomic E-state index is 14.4. The fourth-order valence-corrected chi connectivity index (χ4v) is 7.89. The molecule has 1 aromatic carbocycles. The van der Waals surface area contributed by atoms with E-state index in [-0.39, 0.29) is 17.7 Å². The van der Waals surface area contributed by atoms with Gasteiger partial charge in [-0.1, -0.05) is 6.07 Å². The molecule has 2 aliphatic carbocycles. The van der Waals surface area contributed by atoms with E-state index in [9.17, 15) is 14.8 Å². The van der Waals surface area contributed by atoms with Crippen LogP contribution in [0.1, 0.15) is 72.9 Å². The third kappa shape index (κ3) is 4.05. The van der Waals surface area contributed by atoms with Crippen molar-refractivity contribution in [2.45, 2.75) is 93.9 Å². The standard InChI is InChI=1S/C30H37FN6O3/c1-36(20-10-21(38)11-20)27-23-16-40-30(8-2-4-18-5-6-24(33)22(14-32)26(18)30)13-25(23)34-28(35-27)39-17-29-7-3-9-37(29)15-19(31)12-29/h5-6,19-21,38H,2-4,7-13,15-17,33H2,1H3/t19-,20?,21?,29?,30+/m1/s1. The summed E-state index contributed by atoms with van der Waals surface area (Å²) in [6, 6.07) is 6.65. The maximum atomic E-state index is 14.4. The Bertz CT molecular complexity index is 1380. The van der Waals surface area contributed by atoms with Crippen LogP contribution >= 0.6 is 0 Å². The van der Waals surface area contributed by atoms with Crippen LogP contribution < -0.4 is 15.4 Å². The van der Waals surface area contributed by atoms with Crippen molar-refractivity contribution in [3.8, 4) is 12.1 Å². The summed E-state index contributed by atoms with van der Waals surface area (Å²) in [5, 5.41) is 20.0. The van der Waals surface area contributed by atoms with Gasteiger partial charge in [0, 0.05) is 49.3 Å². The molecule has 10 heteroatoms. The number of alkyl halides is 1. The minimum Gasteiger partial charge on any atom is -0.461 e. The molecule has 0 radical (unpaired) electrons. The molecule has 1 saturated carbocycles. The number of fused-ring (bicyclic) bond motifs is 4. The highest BCUT2D eigenvalue weighted by Crippen LogP contribution is 2.48. The number of anilines is 2. The predicted molar refractivity (Wildman–Crippen MR) is 147 cm³/mol. The number of aryl methyl sites for hydroxylation is 1. The summed E-state index contributed by atoms with van der Waals surface area (Å²) in [5.41, 5.74) is 10.0. The Morgan fingerprint density at radius 3 is 2.95 bits per heavy atom. The number of nitrogens with zero attached hydrogens (tertiary/aromatic N) is 5. The van der Waals surface area contributed by atoms with Crippen LogP contribution in [0.15, 0.2) is 12.1 Å². The van der Waals surface area contributed by atoms with Gasteiger partial charge in [-0.3, -0.25) is 4.90 Å². The van der Waals surface area contributed by atoms with Crippen LogP contribution in [0.3, 0.4) is 0 Å². The van der Waals surface area contributed by atoms with E-state index in [4.69, 9.17) is 25.2 Å². The molecule has 40 heavy (non-hydrogen) atoms. The first kappa shape index (κ1) is 25.9. The van der Waals surface area contributed by atoms with E-state index in [1.807, 2.05) is 19.2 Å². The number of aromatic nitrogens is 2. The van der Waals surface area contributed by atoms with Crippen LogP contribution in [0.4, 0.5) is 15.9 Å². The van der Waals surface area contributed by atoms with E-state index < -0.39 is 11.8 Å². The van der Waals surface area contributed by atoms with Gasteiger partial charge in [0.05, 0.1) is 29.5 Å². The SMILES string of the molecule is CN(c1nc(OCC23CCCN2C[C@H](F)C3)nc2c1CO[C@@]1(CCCc3ccc(N)c(C#N)c31)C2)C1CC(O)C1. The lowest BCUT2D eigenvalue weighted by Crippen LogP contribution is -2.47. The first-order valence-electron chi connectivity index (χ1n) is 14.6. The first-order chi connectivity index (χ1) is 19.3. The molecule has 3 aliphatic heterocycles. The smallest absolute Gasteiger partial charge is 0.318 e. The summed E-state index contributed by atoms with van der Waals surface area (Å²) in [4.78, 5) is 14.2. The van der Waals surface area contributed by atoms with Crippen LogP contribution in [0.2, 0.25) is 0 Å². The fourth-order valence-electron chi connectivity index (χ4n) is 7.89. The van der Waals surface area contributed by atoms with Crippen molar-refractivity contribution in [3.05, 3.63) is 40.1 Å². The summed E-state index contributed by atoms with van der Waals surface area (Å²) >= 11 is 0. The van der Waals surface area contributed by atoms with E-state index in [1.54, 1.807) is 0 Å². The number of aliphatic hydroxyl groups excluding tert-OH is 1. The zero-order valence-corrected chi connectivity index (χ0v) is 23.0. The van der Waals surface area contributed by atoms with E-state index in [2.05, 4.69) is 15.9 Å². The minimum absolute atomic E-state index is 0.171. The third-order valence-electron chi connectivity index (χ3n) is 10.1. The van der Waals surface area contributed by atoms with Crippen molar-refractivity contribution < 1.29 is 19.0 Å². The molecule has 0 bridgehead atoms. The average molecular weight is 549 g/mol. The van der Waals surface area contributed by atoms with Crippen molar-refractivity contribution in [2.75, 3.05) is 37.4 Å². The number of hydrogen-bond donors (Lipinski definition) is 2. The number of nitrogen functional groups attached to an aromatic ring is 1. The van der Waals surface area contributed by atoms with Gasteiger partial charge in [-0.25, -0.2) is 4.39 Å². The number of nitriles is 1. The molecule has 2 saturated heterocycles. The van der Waals surface area contributed by atoms with Gasteiger partial charge < -0.3 is 25.2 Å². The molecule has 3 N–H and O–H groups in total. The highest BCUT2D eigenvalue weighted by atomic mass is 19.1. The Kier molecular flexibility index (Phi) is 6.18. The summed E-state index contributed by atoms with van der Waals surface area (Å²) in [6.07, 6.45) is 5.78. The minimum atomic E-state index is -0.828. The summed E-state index contributed by atoms with van der Waals surface area (Å²) in [6.45, 7) is 2.04. The molecule has 0 amide bonds. The van der Waals surface area contributed by atoms with Gasteiger partial charge in [0.15, 0.2) is 0 Å². The maximum Gasteiger partial charge on any atom is 0.318 e. The van der Waals surface area contributed by atoms with Crippen molar-refractivity contribution in [1.82, 2.24) is 14.9 Å². The molecule has 1 aromatic heterocycles. The highest BCUT2D eigenvalue weighted by Gasteiger charge is 2.50. The number of aliphatic hydroxyl groups is 1. The lowest BCUT2D eigenvalue weighted by molar-refractivity contribution is -0.0857. The van der Waals surface area contributed by atoms with E-state index in [0.29, 0.717) is 62.7 Å².